The summed E-state index contributed by atoms with van der Waals surface area (Å²) in [7, 11) is 0. The van der Waals surface area contributed by atoms with Crippen LogP contribution in [0, 0.1) is 5.92 Å². The van der Waals surface area contributed by atoms with Gasteiger partial charge in [0.05, 0.1) is 17.4 Å². The van der Waals surface area contributed by atoms with Crippen LogP contribution in [0.2, 0.25) is 0 Å². The van der Waals surface area contributed by atoms with E-state index in [1.165, 1.54) is 6.42 Å². The third kappa shape index (κ3) is 2.63. The van der Waals surface area contributed by atoms with E-state index in [9.17, 15) is 0 Å². The molecule has 0 saturated carbocycles. The van der Waals surface area contributed by atoms with Crippen molar-refractivity contribution in [2.75, 3.05) is 23.7 Å². The molecular formula is C18H20N8. The number of fused-ring (bicyclic) bond motifs is 2. The maximum atomic E-state index is 5.87. The van der Waals surface area contributed by atoms with Crippen LogP contribution in [0.4, 0.5) is 11.8 Å². The van der Waals surface area contributed by atoms with Crippen molar-refractivity contribution in [3.63, 3.8) is 0 Å². The zero-order valence-corrected chi connectivity index (χ0v) is 14.3. The van der Waals surface area contributed by atoms with Gasteiger partial charge < -0.3 is 20.6 Å². The Morgan fingerprint density at radius 3 is 3.04 bits per heavy atom. The molecule has 1 aliphatic heterocycles. The van der Waals surface area contributed by atoms with Crippen molar-refractivity contribution < 1.29 is 0 Å². The number of nitrogens with one attached hydrogen (secondary N) is 2. The SMILES string of the molecule is Nc1nc(N2CCCC(Cc3nc4ccccc4[nH]3)C2)c2[nH]cnc2n1. The van der Waals surface area contributed by atoms with Gasteiger partial charge in [0, 0.05) is 19.5 Å². The number of nitrogens with zero attached hydrogens (tertiary/aromatic N) is 5. The number of imidazole rings is 2. The number of H-pyrrole nitrogens is 2. The minimum absolute atomic E-state index is 0.263. The number of benzene rings is 1. The van der Waals surface area contributed by atoms with E-state index in [4.69, 9.17) is 10.7 Å². The second-order valence-electron chi connectivity index (χ2n) is 6.87. The zero-order chi connectivity index (χ0) is 17.5. The average molecular weight is 348 g/mol. The number of nitrogen functional groups attached to an aromatic ring is 1. The fraction of sp³-hybridized carbons (Fsp3) is 0.333. The summed E-state index contributed by atoms with van der Waals surface area (Å²) in [6.07, 6.45) is 4.86. The first-order chi connectivity index (χ1) is 12.8. The molecule has 0 spiro atoms. The highest BCUT2D eigenvalue weighted by Gasteiger charge is 2.24. The quantitative estimate of drug-likeness (QED) is 0.523. The summed E-state index contributed by atoms with van der Waals surface area (Å²) in [5.74, 6) is 2.67. The standard InChI is InChI=1S/C18H20N8/c19-18-24-16-15(20-10-21-16)17(25-18)26-7-3-4-11(9-26)8-14-22-12-5-1-2-6-13(12)23-14/h1-2,5-6,10-11H,3-4,7-9H2,(H,22,23)(H3,19,20,21,24,25). The van der Waals surface area contributed by atoms with Gasteiger partial charge in [-0.3, -0.25) is 0 Å². The number of hydrogen-bond acceptors (Lipinski definition) is 6. The number of nitrogens with two attached hydrogens (primary N) is 1. The Bertz CT molecular complexity index is 1030. The Morgan fingerprint density at radius 2 is 2.12 bits per heavy atom. The van der Waals surface area contributed by atoms with Gasteiger partial charge in [-0.1, -0.05) is 12.1 Å². The molecule has 4 heterocycles. The number of anilines is 2. The molecule has 5 rings (SSSR count). The first-order valence-corrected chi connectivity index (χ1v) is 8.91. The fourth-order valence-corrected chi connectivity index (χ4v) is 3.86. The number of aromatic nitrogens is 6. The maximum absolute atomic E-state index is 5.87. The van der Waals surface area contributed by atoms with E-state index in [1.54, 1.807) is 6.33 Å². The van der Waals surface area contributed by atoms with E-state index < -0.39 is 0 Å². The fourth-order valence-electron chi connectivity index (χ4n) is 3.86. The number of aromatic amines is 2. The first-order valence-electron chi connectivity index (χ1n) is 8.91. The average Bonchev–Trinajstić information content (AvgIpc) is 3.27. The molecule has 1 saturated heterocycles. The molecule has 8 heteroatoms. The van der Waals surface area contributed by atoms with E-state index in [0.29, 0.717) is 11.6 Å². The Morgan fingerprint density at radius 1 is 1.19 bits per heavy atom. The molecular weight excluding hydrogens is 328 g/mol. The van der Waals surface area contributed by atoms with Crippen LogP contribution in [0.1, 0.15) is 18.7 Å². The Hall–Kier alpha value is -3.16. The largest absolute Gasteiger partial charge is 0.368 e. The van der Waals surface area contributed by atoms with Crippen LogP contribution in [0.15, 0.2) is 30.6 Å². The van der Waals surface area contributed by atoms with Crippen molar-refractivity contribution in [3.8, 4) is 0 Å². The summed E-state index contributed by atoms with van der Waals surface area (Å²) in [5, 5.41) is 0. The van der Waals surface area contributed by atoms with E-state index in [2.05, 4.69) is 35.9 Å². The molecule has 4 aromatic rings. The lowest BCUT2D eigenvalue weighted by molar-refractivity contribution is 0.406. The summed E-state index contributed by atoms with van der Waals surface area (Å²) in [6.45, 7) is 1.88. The van der Waals surface area contributed by atoms with Crippen molar-refractivity contribution in [1.82, 2.24) is 29.9 Å². The van der Waals surface area contributed by atoms with Gasteiger partial charge in [0.1, 0.15) is 11.3 Å². The van der Waals surface area contributed by atoms with Crippen molar-refractivity contribution in [3.05, 3.63) is 36.4 Å². The molecule has 1 aliphatic rings. The molecule has 1 unspecified atom stereocenters. The molecule has 1 fully saturated rings. The van der Waals surface area contributed by atoms with Crippen LogP contribution in [0.5, 0.6) is 0 Å². The van der Waals surface area contributed by atoms with Crippen LogP contribution in [-0.4, -0.2) is 43.0 Å². The highest BCUT2D eigenvalue weighted by Crippen LogP contribution is 2.28. The normalized spacial score (nSPS) is 18.0. The van der Waals surface area contributed by atoms with Gasteiger partial charge in [-0.2, -0.15) is 9.97 Å². The van der Waals surface area contributed by atoms with Crippen molar-refractivity contribution in [2.45, 2.75) is 19.3 Å². The maximum Gasteiger partial charge on any atom is 0.224 e. The first kappa shape index (κ1) is 15.1. The molecule has 1 atom stereocenters. The number of piperidine rings is 1. The van der Waals surface area contributed by atoms with E-state index in [0.717, 1.165) is 54.1 Å². The van der Waals surface area contributed by atoms with E-state index in [1.807, 2.05) is 18.2 Å². The lowest BCUT2D eigenvalue weighted by Crippen LogP contribution is -2.37. The van der Waals surface area contributed by atoms with E-state index in [-0.39, 0.29) is 5.95 Å². The van der Waals surface area contributed by atoms with Gasteiger partial charge in [-0.25, -0.2) is 9.97 Å². The zero-order valence-electron chi connectivity index (χ0n) is 14.3. The van der Waals surface area contributed by atoms with Gasteiger partial charge in [0.2, 0.25) is 5.95 Å². The molecule has 26 heavy (non-hydrogen) atoms. The Labute approximate surface area is 149 Å². The third-order valence-electron chi connectivity index (χ3n) is 5.02. The summed E-state index contributed by atoms with van der Waals surface area (Å²) < 4.78 is 0. The predicted octanol–water partition coefficient (Wildman–Crippen LogP) is 2.27. The predicted molar refractivity (Wildman–Crippen MR) is 101 cm³/mol. The Balaban J connectivity index is 1.39. The molecule has 0 bridgehead atoms. The molecule has 8 nitrogen and oxygen atoms in total. The molecule has 132 valence electrons. The number of rotatable bonds is 3. The van der Waals surface area contributed by atoms with Crippen LogP contribution in [0.25, 0.3) is 22.2 Å². The highest BCUT2D eigenvalue weighted by molar-refractivity contribution is 5.84. The minimum Gasteiger partial charge on any atom is -0.368 e. The second-order valence-corrected chi connectivity index (χ2v) is 6.87. The lowest BCUT2D eigenvalue weighted by Gasteiger charge is -2.33. The van der Waals surface area contributed by atoms with Crippen LogP contribution < -0.4 is 10.6 Å². The summed E-state index contributed by atoms with van der Waals surface area (Å²) in [5.41, 5.74) is 9.46. The van der Waals surface area contributed by atoms with Gasteiger partial charge in [0.15, 0.2) is 11.5 Å². The minimum atomic E-state index is 0.263. The van der Waals surface area contributed by atoms with Crippen molar-refractivity contribution in [1.29, 1.82) is 0 Å². The highest BCUT2D eigenvalue weighted by atomic mass is 15.2. The second kappa shape index (κ2) is 5.98. The number of hydrogen-bond donors (Lipinski definition) is 3. The molecule has 0 radical (unpaired) electrons. The summed E-state index contributed by atoms with van der Waals surface area (Å²) in [6, 6.07) is 8.16. The molecule has 0 aliphatic carbocycles. The van der Waals surface area contributed by atoms with Crippen LogP contribution >= 0.6 is 0 Å². The van der Waals surface area contributed by atoms with Gasteiger partial charge in [-0.15, -0.1) is 0 Å². The van der Waals surface area contributed by atoms with Crippen LogP contribution in [0.3, 0.4) is 0 Å². The third-order valence-corrected chi connectivity index (χ3v) is 5.02. The van der Waals surface area contributed by atoms with Gasteiger partial charge in [0.25, 0.3) is 0 Å². The molecule has 1 aromatic carbocycles. The van der Waals surface area contributed by atoms with Crippen LogP contribution in [-0.2, 0) is 6.42 Å². The lowest BCUT2D eigenvalue weighted by atomic mass is 9.94. The van der Waals surface area contributed by atoms with Gasteiger partial charge in [-0.05, 0) is 30.9 Å². The van der Waals surface area contributed by atoms with Gasteiger partial charge >= 0.3 is 0 Å². The number of para-hydroxylation sites is 2. The smallest absolute Gasteiger partial charge is 0.224 e. The molecule has 4 N–H and O–H groups in total. The summed E-state index contributed by atoms with van der Waals surface area (Å²) in [4.78, 5) is 26.5. The monoisotopic (exact) mass is 348 g/mol. The topological polar surface area (TPSA) is 112 Å². The van der Waals surface area contributed by atoms with Crippen molar-refractivity contribution in [2.24, 2.45) is 5.92 Å². The Kier molecular flexibility index (Phi) is 3.48. The van der Waals surface area contributed by atoms with Crippen molar-refractivity contribution >= 4 is 34.0 Å². The van der Waals surface area contributed by atoms with E-state index >= 15 is 0 Å². The summed E-state index contributed by atoms with van der Waals surface area (Å²) >= 11 is 0. The molecule has 3 aromatic heterocycles. The molecule has 0 amide bonds.